The molecule has 92 valence electrons. The Morgan fingerprint density at radius 2 is 2.11 bits per heavy atom. The van der Waals surface area contributed by atoms with Crippen LogP contribution in [-0.4, -0.2) is 10.7 Å². The van der Waals surface area contributed by atoms with Gasteiger partial charge in [-0.2, -0.15) is 0 Å². The molecule has 3 rings (SSSR count). The fourth-order valence-corrected chi connectivity index (χ4v) is 2.86. The van der Waals surface area contributed by atoms with Gasteiger partial charge in [-0.1, -0.05) is 12.1 Å². The Morgan fingerprint density at radius 1 is 1.39 bits per heavy atom. The van der Waals surface area contributed by atoms with Crippen LogP contribution in [-0.2, 0) is 20.7 Å². The lowest BCUT2D eigenvalue weighted by Crippen LogP contribution is -2.30. The third-order valence-corrected chi connectivity index (χ3v) is 3.67. The number of nitrogens with zero attached hydrogens (tertiary/aromatic N) is 1. The number of ketones is 1. The van der Waals surface area contributed by atoms with Crippen LogP contribution in [0.1, 0.15) is 25.0 Å². The summed E-state index contributed by atoms with van der Waals surface area (Å²) in [5.74, 6) is -0.165. The Kier molecular flexibility index (Phi) is 1.88. The number of carbonyl (C=O) groups is 1. The van der Waals surface area contributed by atoms with Gasteiger partial charge in [0.1, 0.15) is 5.60 Å². The highest BCUT2D eigenvalue weighted by Crippen LogP contribution is 2.56. The van der Waals surface area contributed by atoms with E-state index in [0.29, 0.717) is 11.1 Å². The number of benzene rings is 1. The van der Waals surface area contributed by atoms with Crippen molar-refractivity contribution in [3.8, 4) is 0 Å². The average molecular weight is 245 g/mol. The number of fused-ring (bicyclic) bond motifs is 5. The molecule has 18 heavy (non-hydrogen) atoms. The summed E-state index contributed by atoms with van der Waals surface area (Å²) in [5, 5.41) is 11.1. The monoisotopic (exact) mass is 245 g/mol. The highest BCUT2D eigenvalue weighted by molar-refractivity contribution is 5.92. The van der Waals surface area contributed by atoms with Gasteiger partial charge in [-0.15, -0.1) is 0 Å². The van der Waals surface area contributed by atoms with Crippen LogP contribution >= 0.6 is 0 Å². The molecule has 0 radical (unpaired) electrons. The van der Waals surface area contributed by atoms with Gasteiger partial charge in [-0.25, -0.2) is 0 Å². The molecule has 0 saturated heterocycles. The van der Waals surface area contributed by atoms with Crippen molar-refractivity contribution in [2.45, 2.75) is 25.0 Å². The molecule has 1 aromatic rings. The van der Waals surface area contributed by atoms with Crippen molar-refractivity contribution in [1.29, 1.82) is 0 Å². The van der Waals surface area contributed by atoms with E-state index in [1.807, 2.05) is 0 Å². The molecule has 0 aliphatic carbocycles. The normalized spacial score (nSPS) is 31.4. The first kappa shape index (κ1) is 11.1. The third-order valence-electron chi connectivity index (χ3n) is 3.67. The van der Waals surface area contributed by atoms with Crippen LogP contribution in [0.25, 0.3) is 0 Å². The topological polar surface area (TPSA) is 69.4 Å². The van der Waals surface area contributed by atoms with Gasteiger partial charge in [0.25, 0.3) is 5.69 Å². The first-order valence-corrected chi connectivity index (χ1v) is 5.61. The van der Waals surface area contributed by atoms with E-state index >= 15 is 0 Å². The number of ether oxygens (including phenoxy) is 1. The van der Waals surface area contributed by atoms with Crippen molar-refractivity contribution in [1.82, 2.24) is 0 Å². The summed E-state index contributed by atoms with van der Waals surface area (Å²) >= 11 is 0. The second-order valence-electron chi connectivity index (χ2n) is 4.79. The Labute approximate surface area is 103 Å². The number of hydrogen-bond acceptors (Lipinski definition) is 4. The first-order valence-electron chi connectivity index (χ1n) is 5.61. The molecule has 2 bridgehead atoms. The lowest BCUT2D eigenvalue weighted by molar-refractivity contribution is -0.386. The smallest absolute Gasteiger partial charge is 0.276 e. The van der Waals surface area contributed by atoms with Crippen LogP contribution in [0.15, 0.2) is 30.4 Å². The van der Waals surface area contributed by atoms with Gasteiger partial charge in [0, 0.05) is 11.6 Å². The van der Waals surface area contributed by atoms with Crippen LogP contribution in [0, 0.1) is 10.1 Å². The van der Waals surface area contributed by atoms with Crippen LogP contribution in [0.5, 0.6) is 0 Å². The molecular weight excluding hydrogens is 234 g/mol. The first-order chi connectivity index (χ1) is 8.41. The van der Waals surface area contributed by atoms with E-state index in [4.69, 9.17) is 4.74 Å². The highest BCUT2D eigenvalue weighted by Gasteiger charge is 2.58. The predicted molar refractivity (Wildman–Crippen MR) is 63.0 cm³/mol. The molecule has 2 heterocycles. The number of rotatable bonds is 2. The maximum Gasteiger partial charge on any atom is 0.276 e. The molecule has 0 saturated carbocycles. The molecule has 2 atom stereocenters. The summed E-state index contributed by atoms with van der Waals surface area (Å²) in [7, 11) is 0. The van der Waals surface area contributed by atoms with Gasteiger partial charge in [0.05, 0.1) is 10.5 Å². The minimum Gasteiger partial charge on any atom is -0.343 e. The maximum absolute atomic E-state index is 11.9. The van der Waals surface area contributed by atoms with E-state index in [0.717, 1.165) is 0 Å². The summed E-state index contributed by atoms with van der Waals surface area (Å²) in [6.07, 6.45) is 3.42. The zero-order valence-electron chi connectivity index (χ0n) is 9.97. The SMILES string of the molecule is CC(=O)C12C=CC(C)(O1)c1c([N+](=O)[O-])cccc12. The lowest BCUT2D eigenvalue weighted by Gasteiger charge is -2.20. The number of hydrogen-bond donors (Lipinski definition) is 0. The molecule has 0 amide bonds. The van der Waals surface area contributed by atoms with E-state index < -0.39 is 16.1 Å². The molecule has 1 aromatic carbocycles. The van der Waals surface area contributed by atoms with E-state index in [1.165, 1.54) is 13.0 Å². The second-order valence-corrected chi connectivity index (χ2v) is 4.79. The Morgan fingerprint density at radius 3 is 2.72 bits per heavy atom. The van der Waals surface area contributed by atoms with Crippen LogP contribution in [0.2, 0.25) is 0 Å². The standard InChI is InChI=1S/C13H11NO4/c1-8(15)13-7-6-12(2,18-13)11-9(13)4-3-5-10(11)14(16)17/h3-7H,1-2H3. The molecule has 0 fully saturated rings. The van der Waals surface area contributed by atoms with E-state index in [2.05, 4.69) is 0 Å². The Balaban J connectivity index is 2.36. The molecular formula is C13H11NO4. The van der Waals surface area contributed by atoms with Crippen molar-refractivity contribution < 1.29 is 14.5 Å². The summed E-state index contributed by atoms with van der Waals surface area (Å²) in [6, 6.07) is 4.75. The van der Waals surface area contributed by atoms with Gasteiger partial charge in [-0.3, -0.25) is 14.9 Å². The minimum atomic E-state index is -1.14. The van der Waals surface area contributed by atoms with Crippen molar-refractivity contribution in [2.24, 2.45) is 0 Å². The Hall–Kier alpha value is -2.01. The zero-order chi connectivity index (χ0) is 13.1. The molecule has 0 N–H and O–H groups in total. The average Bonchev–Trinajstić information content (AvgIpc) is 2.80. The van der Waals surface area contributed by atoms with Crippen molar-refractivity contribution in [2.75, 3.05) is 0 Å². The fraction of sp³-hybridized carbons (Fsp3) is 0.308. The third kappa shape index (κ3) is 1.07. The molecule has 2 unspecified atom stereocenters. The largest absolute Gasteiger partial charge is 0.343 e. The molecule has 0 spiro atoms. The van der Waals surface area contributed by atoms with Gasteiger partial charge in [0.2, 0.25) is 0 Å². The van der Waals surface area contributed by atoms with Crippen LogP contribution < -0.4 is 0 Å². The second kappa shape index (κ2) is 3.05. The molecule has 0 aromatic heterocycles. The zero-order valence-corrected chi connectivity index (χ0v) is 9.97. The lowest BCUT2D eigenvalue weighted by atomic mass is 9.80. The predicted octanol–water partition coefficient (Wildman–Crippen LogP) is 2.19. The molecule has 5 nitrogen and oxygen atoms in total. The number of Topliss-reactive ketones (excluding diaryl/α,β-unsaturated/α-hetero) is 1. The van der Waals surface area contributed by atoms with Crippen LogP contribution in [0.3, 0.4) is 0 Å². The number of carbonyl (C=O) groups excluding carboxylic acids is 1. The van der Waals surface area contributed by atoms with E-state index in [9.17, 15) is 14.9 Å². The fourth-order valence-electron chi connectivity index (χ4n) is 2.86. The molecule has 2 aliphatic rings. The highest BCUT2D eigenvalue weighted by atomic mass is 16.6. The molecule has 5 heteroatoms. The van der Waals surface area contributed by atoms with Gasteiger partial charge >= 0.3 is 0 Å². The van der Waals surface area contributed by atoms with Crippen molar-refractivity contribution >= 4 is 11.5 Å². The summed E-state index contributed by atoms with van der Waals surface area (Å²) < 4.78 is 5.80. The summed E-state index contributed by atoms with van der Waals surface area (Å²) in [4.78, 5) is 22.5. The van der Waals surface area contributed by atoms with Crippen LogP contribution in [0.4, 0.5) is 5.69 Å². The summed E-state index contributed by atoms with van der Waals surface area (Å²) in [5.41, 5.74) is -0.940. The number of nitro groups is 1. The van der Waals surface area contributed by atoms with E-state index in [1.54, 1.807) is 31.2 Å². The quantitative estimate of drug-likeness (QED) is 0.455. The van der Waals surface area contributed by atoms with Gasteiger partial charge in [0.15, 0.2) is 11.4 Å². The maximum atomic E-state index is 11.9. The van der Waals surface area contributed by atoms with E-state index in [-0.39, 0.29) is 11.5 Å². The van der Waals surface area contributed by atoms with Gasteiger partial charge < -0.3 is 4.74 Å². The molecule has 2 aliphatic heterocycles. The van der Waals surface area contributed by atoms with Crippen molar-refractivity contribution in [3.05, 3.63) is 51.6 Å². The summed E-state index contributed by atoms with van der Waals surface area (Å²) in [6.45, 7) is 3.18. The Bertz CT molecular complexity index is 621. The minimum absolute atomic E-state index is 0.00229. The van der Waals surface area contributed by atoms with Crippen molar-refractivity contribution in [3.63, 3.8) is 0 Å². The van der Waals surface area contributed by atoms with Gasteiger partial charge in [-0.05, 0) is 26.0 Å². The number of nitro benzene ring substituents is 1.